The van der Waals surface area contributed by atoms with Crippen molar-refractivity contribution in [2.45, 2.75) is 89.1 Å². The van der Waals surface area contributed by atoms with Crippen LogP contribution in [0.1, 0.15) is 87.6 Å². The lowest BCUT2D eigenvalue weighted by atomic mass is 9.74. The molecule has 11 nitrogen and oxygen atoms in total. The van der Waals surface area contributed by atoms with Crippen LogP contribution in [-0.2, 0) is 28.0 Å². The summed E-state index contributed by atoms with van der Waals surface area (Å²) >= 11 is 0. The van der Waals surface area contributed by atoms with Gasteiger partial charge in [-0.05, 0) is 74.3 Å². The van der Waals surface area contributed by atoms with Gasteiger partial charge in [-0.25, -0.2) is 19.8 Å². The van der Waals surface area contributed by atoms with E-state index in [1.807, 2.05) is 38.1 Å². The average molecular weight is 600 g/mol. The van der Waals surface area contributed by atoms with Crippen LogP contribution in [0.15, 0.2) is 41.0 Å². The fourth-order valence-corrected chi connectivity index (χ4v) is 6.80. The smallest absolute Gasteiger partial charge is 0.426 e. The topological polar surface area (TPSA) is 153 Å². The third kappa shape index (κ3) is 5.34. The van der Waals surface area contributed by atoms with Gasteiger partial charge in [0.05, 0.1) is 28.5 Å². The number of anilines is 1. The molecular weight excluding hydrogens is 558 g/mol. The second-order valence-electron chi connectivity index (χ2n) is 12.5. The summed E-state index contributed by atoms with van der Waals surface area (Å²) in [5.74, 6) is -0.198. The molecule has 2 fully saturated rings. The predicted octanol–water partition coefficient (Wildman–Crippen LogP) is 4.64. The number of nitrogens with one attached hydrogen (secondary N) is 2. The van der Waals surface area contributed by atoms with Crippen LogP contribution in [0.3, 0.4) is 0 Å². The number of rotatable bonds is 8. The van der Waals surface area contributed by atoms with Gasteiger partial charge in [-0.2, -0.15) is 0 Å². The van der Waals surface area contributed by atoms with Crippen LogP contribution in [0.2, 0.25) is 0 Å². The van der Waals surface area contributed by atoms with Crippen LogP contribution in [-0.4, -0.2) is 62.5 Å². The predicted molar refractivity (Wildman–Crippen MR) is 168 cm³/mol. The second kappa shape index (κ2) is 11.7. The first-order valence-electron chi connectivity index (χ1n) is 15.7. The standard InChI is InChI=1S/C33H41N7O4/c1-3-14-39(40(31(43)44)32(4-2)9-5-10-32)29(41)22-15-21-6-7-24(18-27(21)38-28(34)17-22)33(11-12-33)30(42)37-25-16-23-19-35-13-8-26(23)36-20-25/h6-7,15-16,18,20,35H,3-5,8-14,17,19H2,1-2H3,(H2,34,38)(H,37,42)(H,43,44). The largest absolute Gasteiger partial charge is 0.464 e. The number of nitrogens with zero attached hydrogens (tertiary/aromatic N) is 4. The number of carboxylic acid groups (broad SMARTS) is 1. The fraction of sp³-hybridized carbons (Fsp3) is 0.485. The molecule has 0 bridgehead atoms. The van der Waals surface area contributed by atoms with Gasteiger partial charge in [-0.3, -0.25) is 14.6 Å². The molecule has 6 rings (SSSR count). The van der Waals surface area contributed by atoms with E-state index in [0.717, 1.165) is 55.6 Å². The van der Waals surface area contributed by atoms with Gasteiger partial charge in [0.15, 0.2) is 0 Å². The lowest BCUT2D eigenvalue weighted by Gasteiger charge is -2.52. The van der Waals surface area contributed by atoms with Gasteiger partial charge in [0, 0.05) is 49.3 Å². The van der Waals surface area contributed by atoms with Crippen molar-refractivity contribution in [3.05, 3.63) is 58.4 Å². The Morgan fingerprint density at radius 1 is 1.14 bits per heavy atom. The minimum Gasteiger partial charge on any atom is -0.464 e. The molecule has 2 saturated carbocycles. The van der Waals surface area contributed by atoms with E-state index >= 15 is 0 Å². The number of hydrazine groups is 1. The molecule has 44 heavy (non-hydrogen) atoms. The Balaban J connectivity index is 1.26. The maximum Gasteiger partial charge on any atom is 0.426 e. The molecule has 2 aliphatic carbocycles. The number of pyridine rings is 1. The van der Waals surface area contributed by atoms with Crippen molar-refractivity contribution in [3.8, 4) is 0 Å². The molecule has 2 aromatic rings. The number of nitrogens with two attached hydrogens (primary N) is 1. The van der Waals surface area contributed by atoms with Crippen LogP contribution in [0, 0.1) is 0 Å². The summed E-state index contributed by atoms with van der Waals surface area (Å²) in [6.07, 6.45) is 8.41. The minimum atomic E-state index is -1.12. The highest BCUT2D eigenvalue weighted by Crippen LogP contribution is 2.50. The number of amides is 3. The van der Waals surface area contributed by atoms with E-state index in [-0.39, 0.29) is 30.6 Å². The first kappa shape index (κ1) is 29.8. The number of carbonyl (C=O) groups excluding carboxylic acids is 2. The quantitative estimate of drug-likeness (QED) is 0.323. The summed E-state index contributed by atoms with van der Waals surface area (Å²) in [6.45, 7) is 5.82. The van der Waals surface area contributed by atoms with Crippen molar-refractivity contribution in [1.82, 2.24) is 20.3 Å². The molecule has 0 unspecified atom stereocenters. The Kier molecular flexibility index (Phi) is 7.91. The van der Waals surface area contributed by atoms with Crippen LogP contribution < -0.4 is 16.4 Å². The van der Waals surface area contributed by atoms with Crippen molar-refractivity contribution in [1.29, 1.82) is 0 Å². The Labute approximate surface area is 257 Å². The fourth-order valence-electron chi connectivity index (χ4n) is 6.80. The Morgan fingerprint density at radius 2 is 1.93 bits per heavy atom. The van der Waals surface area contributed by atoms with Gasteiger partial charge in [-0.15, -0.1) is 0 Å². The summed E-state index contributed by atoms with van der Waals surface area (Å²) in [6, 6.07) is 7.68. The lowest BCUT2D eigenvalue weighted by molar-refractivity contribution is -0.160. The minimum absolute atomic E-state index is 0.0789. The zero-order valence-electron chi connectivity index (χ0n) is 25.5. The number of hydrogen-bond donors (Lipinski definition) is 4. The third-order valence-electron chi connectivity index (χ3n) is 9.66. The van der Waals surface area contributed by atoms with Gasteiger partial charge < -0.3 is 21.5 Å². The zero-order valence-corrected chi connectivity index (χ0v) is 25.5. The maximum absolute atomic E-state index is 14.0. The van der Waals surface area contributed by atoms with Gasteiger partial charge in [0.2, 0.25) is 5.91 Å². The van der Waals surface area contributed by atoms with E-state index < -0.39 is 17.0 Å². The number of aliphatic imine (C=N–C) groups is 1. The normalized spacial score (nSPS) is 19.1. The van der Waals surface area contributed by atoms with E-state index in [0.29, 0.717) is 48.2 Å². The van der Waals surface area contributed by atoms with Crippen molar-refractivity contribution in [3.63, 3.8) is 0 Å². The highest BCUT2D eigenvalue weighted by molar-refractivity contribution is 6.06. The van der Waals surface area contributed by atoms with E-state index in [9.17, 15) is 19.5 Å². The molecule has 11 heteroatoms. The van der Waals surface area contributed by atoms with E-state index in [1.165, 1.54) is 10.0 Å². The lowest BCUT2D eigenvalue weighted by Crippen LogP contribution is -2.64. The number of hydrogen-bond acceptors (Lipinski definition) is 7. The second-order valence-corrected chi connectivity index (χ2v) is 12.5. The zero-order chi connectivity index (χ0) is 31.1. The number of amidine groups is 1. The molecular formula is C33H41N7O4. The summed E-state index contributed by atoms with van der Waals surface area (Å²) < 4.78 is 0. The Hall–Kier alpha value is -4.25. The average Bonchev–Trinajstić information content (AvgIpc) is 3.81. The van der Waals surface area contributed by atoms with Crippen molar-refractivity contribution >= 4 is 41.2 Å². The summed E-state index contributed by atoms with van der Waals surface area (Å²) in [5, 5.41) is 19.3. The van der Waals surface area contributed by atoms with Gasteiger partial charge in [-0.1, -0.05) is 26.0 Å². The highest BCUT2D eigenvalue weighted by Gasteiger charge is 2.52. The van der Waals surface area contributed by atoms with Gasteiger partial charge in [0.1, 0.15) is 5.84 Å². The summed E-state index contributed by atoms with van der Waals surface area (Å²) in [7, 11) is 0. The molecule has 3 amide bonds. The monoisotopic (exact) mass is 599 g/mol. The number of fused-ring (bicyclic) bond motifs is 2. The number of aromatic nitrogens is 1. The molecule has 2 aliphatic heterocycles. The number of carbonyl (C=O) groups is 3. The third-order valence-corrected chi connectivity index (χ3v) is 9.66. The summed E-state index contributed by atoms with van der Waals surface area (Å²) in [4.78, 5) is 49.3. The Bertz CT molecular complexity index is 1550. The molecule has 0 saturated heterocycles. The van der Waals surface area contributed by atoms with Crippen LogP contribution in [0.5, 0.6) is 0 Å². The van der Waals surface area contributed by atoms with E-state index in [1.54, 1.807) is 12.3 Å². The van der Waals surface area contributed by atoms with Crippen LogP contribution in [0.4, 0.5) is 16.2 Å². The van der Waals surface area contributed by atoms with Crippen molar-refractivity contribution in [2.24, 2.45) is 10.7 Å². The van der Waals surface area contributed by atoms with Crippen LogP contribution in [0.25, 0.3) is 6.08 Å². The molecule has 4 aliphatic rings. The molecule has 0 atom stereocenters. The van der Waals surface area contributed by atoms with Crippen molar-refractivity contribution < 1.29 is 19.5 Å². The van der Waals surface area contributed by atoms with Gasteiger partial charge >= 0.3 is 6.09 Å². The maximum atomic E-state index is 14.0. The van der Waals surface area contributed by atoms with E-state index in [4.69, 9.17) is 5.73 Å². The molecule has 0 radical (unpaired) electrons. The molecule has 1 aromatic carbocycles. The molecule has 3 heterocycles. The highest BCUT2D eigenvalue weighted by atomic mass is 16.4. The molecule has 1 aromatic heterocycles. The number of benzene rings is 1. The SMILES string of the molecule is CCCN(C(=O)C1=Cc2ccc(C3(C(=O)Nc4cnc5c(c4)CNCC5)CC3)cc2N=C(N)C1)N(C(=O)O)C1(CC)CCC1. The van der Waals surface area contributed by atoms with Crippen LogP contribution >= 0.6 is 0 Å². The Morgan fingerprint density at radius 3 is 2.59 bits per heavy atom. The molecule has 0 spiro atoms. The first-order valence-corrected chi connectivity index (χ1v) is 15.7. The van der Waals surface area contributed by atoms with Crippen molar-refractivity contribution in [2.75, 3.05) is 18.4 Å². The molecule has 5 N–H and O–H groups in total. The summed E-state index contributed by atoms with van der Waals surface area (Å²) in [5.41, 5.74) is 10.5. The molecule has 232 valence electrons. The first-order chi connectivity index (χ1) is 21.2. The van der Waals surface area contributed by atoms with Gasteiger partial charge in [0.25, 0.3) is 5.91 Å². The van der Waals surface area contributed by atoms with E-state index in [2.05, 4.69) is 20.6 Å².